The smallest absolute Gasteiger partial charge is 0.191 e. The Hall–Kier alpha value is -0.890. The molecule has 2 N–H and O–H groups in total. The lowest BCUT2D eigenvalue weighted by Crippen LogP contribution is -2.43. The van der Waals surface area contributed by atoms with E-state index < -0.39 is 0 Å². The van der Waals surface area contributed by atoms with Gasteiger partial charge in [0.25, 0.3) is 0 Å². The van der Waals surface area contributed by atoms with E-state index in [1.807, 2.05) is 0 Å². The van der Waals surface area contributed by atoms with Gasteiger partial charge in [0.2, 0.25) is 0 Å². The number of unbranched alkanes of at least 4 members (excludes halogenated alkanes) is 1. The second-order valence-electron chi connectivity index (χ2n) is 6.50. The van der Waals surface area contributed by atoms with Crippen molar-refractivity contribution in [1.29, 1.82) is 0 Å². The van der Waals surface area contributed by atoms with Crippen LogP contribution in [0.15, 0.2) is 4.99 Å². The highest BCUT2D eigenvalue weighted by Gasteiger charge is 2.11. The summed E-state index contributed by atoms with van der Waals surface area (Å²) in [6.45, 7) is 12.4. The minimum Gasteiger partial charge on any atom is -0.379 e. The van der Waals surface area contributed by atoms with Crippen molar-refractivity contribution in [2.75, 3.05) is 86.3 Å². The maximum absolute atomic E-state index is 5.55. The molecule has 0 aromatic carbocycles. The molecule has 0 bridgehead atoms. The highest BCUT2D eigenvalue weighted by atomic mass is 16.5. The Balaban J connectivity index is 1.97. The molecule has 1 heterocycles. The van der Waals surface area contributed by atoms with E-state index in [2.05, 4.69) is 39.4 Å². The topological polar surface area (TPSA) is 61.4 Å². The molecule has 0 aromatic heterocycles. The number of guanidine groups is 1. The predicted octanol–water partition coefficient (Wildman–Crippen LogP) is 0.622. The van der Waals surface area contributed by atoms with E-state index in [-0.39, 0.29) is 0 Å². The van der Waals surface area contributed by atoms with Crippen molar-refractivity contribution in [2.45, 2.75) is 26.2 Å². The van der Waals surface area contributed by atoms with E-state index in [9.17, 15) is 0 Å². The van der Waals surface area contributed by atoms with E-state index in [1.165, 1.54) is 25.9 Å². The van der Waals surface area contributed by atoms with Gasteiger partial charge in [0, 0.05) is 46.4 Å². The van der Waals surface area contributed by atoms with Gasteiger partial charge in [-0.15, -0.1) is 0 Å². The largest absolute Gasteiger partial charge is 0.379 e. The maximum Gasteiger partial charge on any atom is 0.191 e. The number of hydrogen-bond acceptors (Lipinski definition) is 5. The molecule has 0 amide bonds. The van der Waals surface area contributed by atoms with Gasteiger partial charge in [0.15, 0.2) is 5.96 Å². The van der Waals surface area contributed by atoms with Gasteiger partial charge >= 0.3 is 0 Å². The molecule has 0 unspecified atom stereocenters. The third-order valence-electron chi connectivity index (χ3n) is 4.31. The monoisotopic (exact) mass is 357 g/mol. The first-order chi connectivity index (χ1) is 12.3. The van der Waals surface area contributed by atoms with Gasteiger partial charge in [-0.1, -0.05) is 13.3 Å². The summed E-state index contributed by atoms with van der Waals surface area (Å²) in [5.41, 5.74) is 0. The number of hydrogen-bond donors (Lipinski definition) is 2. The van der Waals surface area contributed by atoms with Crippen molar-refractivity contribution in [1.82, 2.24) is 20.4 Å². The van der Waals surface area contributed by atoms with Crippen LogP contribution in [-0.4, -0.2) is 102 Å². The van der Waals surface area contributed by atoms with Crippen molar-refractivity contribution in [3.8, 4) is 0 Å². The Kier molecular flexibility index (Phi) is 13.6. The Morgan fingerprint density at radius 1 is 0.960 bits per heavy atom. The number of likely N-dealkylation sites (N-methyl/N-ethyl adjacent to an activating group) is 1. The molecule has 0 saturated carbocycles. The van der Waals surface area contributed by atoms with Crippen LogP contribution in [0.4, 0.5) is 0 Å². The second kappa shape index (κ2) is 15.4. The molecular weight excluding hydrogens is 318 g/mol. The molecule has 7 heteroatoms. The number of nitrogens with one attached hydrogen (secondary N) is 2. The summed E-state index contributed by atoms with van der Waals surface area (Å²) in [5, 5.41) is 6.66. The third kappa shape index (κ3) is 12.2. The molecule has 1 aliphatic rings. The van der Waals surface area contributed by atoms with Crippen LogP contribution in [0.25, 0.3) is 0 Å². The van der Waals surface area contributed by atoms with Crippen LogP contribution in [-0.2, 0) is 9.47 Å². The molecule has 1 fully saturated rings. The van der Waals surface area contributed by atoms with E-state index in [4.69, 9.17) is 9.47 Å². The lowest BCUT2D eigenvalue weighted by molar-refractivity contribution is 0.0487. The number of ether oxygens (including phenoxy) is 2. The lowest BCUT2D eigenvalue weighted by Gasteiger charge is -2.21. The average molecular weight is 358 g/mol. The molecule has 148 valence electrons. The molecule has 1 rings (SSSR count). The fourth-order valence-corrected chi connectivity index (χ4v) is 2.69. The normalized spacial score (nSPS) is 17.5. The van der Waals surface area contributed by atoms with Gasteiger partial charge in [-0.3, -0.25) is 4.99 Å². The quantitative estimate of drug-likeness (QED) is 0.303. The van der Waals surface area contributed by atoms with Crippen molar-refractivity contribution < 1.29 is 9.47 Å². The van der Waals surface area contributed by atoms with Crippen LogP contribution in [0.2, 0.25) is 0 Å². The zero-order valence-corrected chi connectivity index (χ0v) is 16.6. The molecule has 0 atom stereocenters. The Labute approximate surface area is 154 Å². The summed E-state index contributed by atoms with van der Waals surface area (Å²) in [6.07, 6.45) is 3.55. The Bertz CT molecular complexity index is 341. The molecule has 0 aromatic rings. The van der Waals surface area contributed by atoms with Gasteiger partial charge in [-0.2, -0.15) is 0 Å². The summed E-state index contributed by atoms with van der Waals surface area (Å²) < 4.78 is 11.0. The summed E-state index contributed by atoms with van der Waals surface area (Å²) >= 11 is 0. The van der Waals surface area contributed by atoms with Crippen molar-refractivity contribution >= 4 is 5.96 Å². The Morgan fingerprint density at radius 2 is 1.72 bits per heavy atom. The Morgan fingerprint density at radius 3 is 2.48 bits per heavy atom. The van der Waals surface area contributed by atoms with Gasteiger partial charge < -0.3 is 29.9 Å². The molecular formula is C18H39N5O2. The minimum absolute atomic E-state index is 0.654. The van der Waals surface area contributed by atoms with E-state index in [1.54, 1.807) is 7.05 Å². The average Bonchev–Trinajstić information content (AvgIpc) is 2.83. The summed E-state index contributed by atoms with van der Waals surface area (Å²) in [4.78, 5) is 9.18. The molecule has 0 aliphatic carbocycles. The number of aliphatic imine (C=N–C) groups is 1. The summed E-state index contributed by atoms with van der Waals surface area (Å²) in [7, 11) is 4.01. The predicted molar refractivity (Wildman–Crippen MR) is 104 cm³/mol. The van der Waals surface area contributed by atoms with E-state index in [0.29, 0.717) is 19.8 Å². The van der Waals surface area contributed by atoms with Gasteiger partial charge in [-0.05, 0) is 33.0 Å². The summed E-state index contributed by atoms with van der Waals surface area (Å²) in [5.74, 6) is 0.842. The van der Waals surface area contributed by atoms with E-state index in [0.717, 1.165) is 51.7 Å². The van der Waals surface area contributed by atoms with Crippen LogP contribution < -0.4 is 10.6 Å². The third-order valence-corrected chi connectivity index (χ3v) is 4.31. The van der Waals surface area contributed by atoms with Gasteiger partial charge in [-0.25, -0.2) is 0 Å². The van der Waals surface area contributed by atoms with Crippen LogP contribution in [0.1, 0.15) is 26.2 Å². The number of rotatable bonds is 12. The molecule has 25 heavy (non-hydrogen) atoms. The molecule has 7 nitrogen and oxygen atoms in total. The standard InChI is InChI=1S/C18H39N5O2/c1-4-5-14-24-16-17-25-15-8-21-18(19-2)20-7-11-23-10-6-9-22(3)12-13-23/h4-17H2,1-3H3,(H2,19,20,21). The highest BCUT2D eigenvalue weighted by Crippen LogP contribution is 1.99. The van der Waals surface area contributed by atoms with Crippen LogP contribution in [0, 0.1) is 0 Å². The zero-order valence-electron chi connectivity index (χ0n) is 16.6. The number of nitrogens with zero attached hydrogens (tertiary/aromatic N) is 3. The molecule has 1 aliphatic heterocycles. The molecule has 1 saturated heterocycles. The summed E-state index contributed by atoms with van der Waals surface area (Å²) in [6, 6.07) is 0. The first-order valence-corrected chi connectivity index (χ1v) is 9.77. The minimum atomic E-state index is 0.654. The van der Waals surface area contributed by atoms with Crippen LogP contribution in [0.5, 0.6) is 0 Å². The first kappa shape index (κ1) is 22.2. The van der Waals surface area contributed by atoms with E-state index >= 15 is 0 Å². The van der Waals surface area contributed by atoms with Crippen molar-refractivity contribution in [2.24, 2.45) is 4.99 Å². The second-order valence-corrected chi connectivity index (χ2v) is 6.50. The fourth-order valence-electron chi connectivity index (χ4n) is 2.69. The fraction of sp³-hybridized carbons (Fsp3) is 0.944. The van der Waals surface area contributed by atoms with Crippen molar-refractivity contribution in [3.63, 3.8) is 0 Å². The SMILES string of the molecule is CCCCOCCOCCNC(=NC)NCCN1CCCN(C)CC1. The van der Waals surface area contributed by atoms with Gasteiger partial charge in [0.1, 0.15) is 0 Å². The highest BCUT2D eigenvalue weighted by molar-refractivity contribution is 5.79. The first-order valence-electron chi connectivity index (χ1n) is 9.77. The molecule has 0 spiro atoms. The van der Waals surface area contributed by atoms with Gasteiger partial charge in [0.05, 0.1) is 19.8 Å². The lowest BCUT2D eigenvalue weighted by atomic mass is 10.4. The maximum atomic E-state index is 5.55. The molecule has 0 radical (unpaired) electrons. The van der Waals surface area contributed by atoms with Crippen molar-refractivity contribution in [3.05, 3.63) is 0 Å². The van der Waals surface area contributed by atoms with Crippen LogP contribution in [0.3, 0.4) is 0 Å². The zero-order chi connectivity index (χ0) is 18.2. The van der Waals surface area contributed by atoms with Crippen LogP contribution >= 0.6 is 0 Å².